The molecule has 1 aliphatic rings. The van der Waals surface area contributed by atoms with Gasteiger partial charge in [0.05, 0.1) is 0 Å². The first-order valence-corrected chi connectivity index (χ1v) is 5.32. The van der Waals surface area contributed by atoms with E-state index in [1.165, 1.54) is 6.07 Å². The molecule has 0 unspecified atom stereocenters. The zero-order valence-corrected chi connectivity index (χ0v) is 9.16. The molecule has 0 heterocycles. The van der Waals surface area contributed by atoms with Gasteiger partial charge in [0.25, 0.3) is 0 Å². The third-order valence-corrected chi connectivity index (χ3v) is 3.06. The van der Waals surface area contributed by atoms with Gasteiger partial charge in [-0.25, -0.2) is 0 Å². The lowest BCUT2D eigenvalue weighted by Gasteiger charge is -1.99. The Bertz CT molecular complexity index is 564. The van der Waals surface area contributed by atoms with Gasteiger partial charge in [0.1, 0.15) is 5.75 Å². The van der Waals surface area contributed by atoms with Gasteiger partial charge in [0.15, 0.2) is 5.78 Å². The molecule has 16 heavy (non-hydrogen) atoms. The molecule has 0 bridgehead atoms. The number of carbonyl (C=O) groups is 1. The van der Waals surface area contributed by atoms with Crippen molar-refractivity contribution < 1.29 is 9.90 Å². The van der Waals surface area contributed by atoms with Crippen molar-refractivity contribution in [3.63, 3.8) is 0 Å². The Kier molecular flexibility index (Phi) is 1.85. The van der Waals surface area contributed by atoms with E-state index >= 15 is 0 Å². The Morgan fingerprint density at radius 3 is 2.25 bits per heavy atom. The van der Waals surface area contributed by atoms with Crippen LogP contribution in [0.25, 0.3) is 11.1 Å². The molecule has 0 amide bonds. The van der Waals surface area contributed by atoms with Crippen LogP contribution in [0.2, 0.25) is 0 Å². The van der Waals surface area contributed by atoms with Gasteiger partial charge < -0.3 is 5.11 Å². The van der Waals surface area contributed by atoms with E-state index in [-0.39, 0.29) is 11.5 Å². The van der Waals surface area contributed by atoms with Crippen molar-refractivity contribution in [2.75, 3.05) is 0 Å². The molecule has 2 aromatic carbocycles. The minimum absolute atomic E-state index is 0.0446. The second-order valence-corrected chi connectivity index (χ2v) is 4.31. The summed E-state index contributed by atoms with van der Waals surface area (Å²) in [6, 6.07) is 10.4. The van der Waals surface area contributed by atoms with Gasteiger partial charge in [-0.05, 0) is 41.5 Å². The average Bonchev–Trinajstić information content (AvgIpc) is 2.53. The number of phenolic OH excluding ortho intramolecular Hbond substituents is 1. The lowest BCUT2D eigenvalue weighted by Crippen LogP contribution is -1.94. The third-order valence-electron chi connectivity index (χ3n) is 2.79. The van der Waals surface area contributed by atoms with Crippen LogP contribution in [-0.2, 0) is 0 Å². The Morgan fingerprint density at radius 2 is 1.50 bits per heavy atom. The van der Waals surface area contributed by atoms with Crippen LogP contribution in [0, 0.1) is 0 Å². The predicted molar refractivity (Wildman–Crippen MR) is 64.2 cm³/mol. The van der Waals surface area contributed by atoms with Gasteiger partial charge in [-0.2, -0.15) is 0 Å². The van der Waals surface area contributed by atoms with Gasteiger partial charge in [-0.3, -0.25) is 4.79 Å². The first kappa shape index (κ1) is 9.48. The minimum atomic E-state index is -0.0446. The average molecular weight is 228 g/mol. The topological polar surface area (TPSA) is 37.3 Å². The zero-order valence-electron chi connectivity index (χ0n) is 8.27. The van der Waals surface area contributed by atoms with Gasteiger partial charge in [-0.15, -0.1) is 12.6 Å². The highest BCUT2D eigenvalue weighted by molar-refractivity contribution is 7.80. The van der Waals surface area contributed by atoms with E-state index in [4.69, 9.17) is 0 Å². The summed E-state index contributed by atoms with van der Waals surface area (Å²) in [4.78, 5) is 12.8. The largest absolute Gasteiger partial charge is 0.508 e. The van der Waals surface area contributed by atoms with Crippen molar-refractivity contribution >= 4 is 18.4 Å². The summed E-state index contributed by atoms with van der Waals surface area (Å²) in [5.74, 6) is 0.0720. The van der Waals surface area contributed by atoms with Crippen molar-refractivity contribution in [1.82, 2.24) is 0 Å². The Balaban J connectivity index is 2.34. The number of thiol groups is 1. The lowest BCUT2D eigenvalue weighted by molar-refractivity contribution is 0.104. The van der Waals surface area contributed by atoms with Crippen LogP contribution in [-0.4, -0.2) is 10.9 Å². The summed E-state index contributed by atoms with van der Waals surface area (Å²) < 4.78 is 0. The van der Waals surface area contributed by atoms with Crippen LogP contribution in [0.5, 0.6) is 5.75 Å². The molecule has 3 rings (SSSR count). The van der Waals surface area contributed by atoms with Crippen molar-refractivity contribution in [2.45, 2.75) is 4.90 Å². The number of benzene rings is 2. The summed E-state index contributed by atoms with van der Waals surface area (Å²) in [6.45, 7) is 0. The number of fused-ring (bicyclic) bond motifs is 3. The van der Waals surface area contributed by atoms with Gasteiger partial charge >= 0.3 is 0 Å². The Hall–Kier alpha value is -1.74. The molecule has 0 aromatic heterocycles. The summed E-state index contributed by atoms with van der Waals surface area (Å²) >= 11 is 4.22. The van der Waals surface area contributed by atoms with Gasteiger partial charge in [-0.1, -0.05) is 6.07 Å². The predicted octanol–water partition coefficient (Wildman–Crippen LogP) is 2.89. The monoisotopic (exact) mass is 228 g/mol. The SMILES string of the molecule is O=C1c2cc(O)ccc2-c2ccc(S)cc21. The molecule has 0 saturated carbocycles. The molecule has 2 aromatic rings. The molecule has 78 valence electrons. The molecule has 3 heteroatoms. The molecule has 0 aliphatic heterocycles. The number of ketones is 1. The van der Waals surface area contributed by atoms with Crippen LogP contribution in [0.1, 0.15) is 15.9 Å². The van der Waals surface area contributed by atoms with E-state index in [0.29, 0.717) is 11.1 Å². The van der Waals surface area contributed by atoms with E-state index in [1.807, 2.05) is 12.1 Å². The van der Waals surface area contributed by atoms with Gasteiger partial charge in [0, 0.05) is 16.0 Å². The minimum Gasteiger partial charge on any atom is -0.508 e. The first-order valence-electron chi connectivity index (χ1n) is 4.88. The zero-order chi connectivity index (χ0) is 11.3. The number of hydrogen-bond acceptors (Lipinski definition) is 3. The highest BCUT2D eigenvalue weighted by Crippen LogP contribution is 2.38. The fraction of sp³-hybridized carbons (Fsp3) is 0. The number of hydrogen-bond donors (Lipinski definition) is 2. The lowest BCUT2D eigenvalue weighted by atomic mass is 10.1. The van der Waals surface area contributed by atoms with Crippen molar-refractivity contribution in [1.29, 1.82) is 0 Å². The molecule has 1 aliphatic carbocycles. The normalized spacial score (nSPS) is 12.4. The first-order chi connectivity index (χ1) is 7.66. The maximum atomic E-state index is 12.0. The van der Waals surface area contributed by atoms with E-state index in [1.54, 1.807) is 18.2 Å². The van der Waals surface area contributed by atoms with Crippen molar-refractivity contribution in [2.24, 2.45) is 0 Å². The van der Waals surface area contributed by atoms with Crippen molar-refractivity contribution in [3.05, 3.63) is 47.5 Å². The summed E-state index contributed by atoms with van der Waals surface area (Å²) in [5, 5.41) is 9.38. The summed E-state index contributed by atoms with van der Waals surface area (Å²) in [6.07, 6.45) is 0. The molecule has 1 N–H and O–H groups in total. The van der Waals surface area contributed by atoms with E-state index < -0.39 is 0 Å². The molecule has 0 saturated heterocycles. The molecular formula is C13H8O2S. The quantitative estimate of drug-likeness (QED) is 0.580. The van der Waals surface area contributed by atoms with Gasteiger partial charge in [0.2, 0.25) is 0 Å². The highest BCUT2D eigenvalue weighted by Gasteiger charge is 2.26. The van der Waals surface area contributed by atoms with Crippen molar-refractivity contribution in [3.8, 4) is 16.9 Å². The van der Waals surface area contributed by atoms with E-state index in [9.17, 15) is 9.90 Å². The molecule has 0 fully saturated rings. The highest BCUT2D eigenvalue weighted by atomic mass is 32.1. The maximum absolute atomic E-state index is 12.0. The summed E-state index contributed by atoms with van der Waals surface area (Å²) in [7, 11) is 0. The number of phenols is 1. The maximum Gasteiger partial charge on any atom is 0.194 e. The second kappa shape index (κ2) is 3.12. The smallest absolute Gasteiger partial charge is 0.194 e. The Labute approximate surface area is 98.0 Å². The van der Waals surface area contributed by atoms with Crippen LogP contribution in [0.15, 0.2) is 41.3 Å². The number of carbonyl (C=O) groups excluding carboxylic acids is 1. The van der Waals surface area contributed by atoms with Crippen LogP contribution >= 0.6 is 12.6 Å². The fourth-order valence-corrected chi connectivity index (χ4v) is 2.26. The fourth-order valence-electron chi connectivity index (χ4n) is 2.06. The summed E-state index contributed by atoms with van der Waals surface area (Å²) in [5.41, 5.74) is 3.02. The second-order valence-electron chi connectivity index (χ2n) is 3.79. The molecule has 0 spiro atoms. The van der Waals surface area contributed by atoms with E-state index in [0.717, 1.165) is 16.0 Å². The third kappa shape index (κ3) is 1.18. The molecule has 2 nitrogen and oxygen atoms in total. The molecular weight excluding hydrogens is 220 g/mol. The molecule has 0 atom stereocenters. The molecule has 0 radical (unpaired) electrons. The van der Waals surface area contributed by atoms with Crippen LogP contribution < -0.4 is 0 Å². The Morgan fingerprint density at radius 1 is 0.875 bits per heavy atom. The number of aromatic hydroxyl groups is 1. The van der Waals surface area contributed by atoms with Crippen LogP contribution in [0.3, 0.4) is 0 Å². The standard InChI is InChI=1S/C13H8O2S/c14-7-1-3-9-10-4-2-8(16)6-12(10)13(15)11(9)5-7/h1-6,14,16H. The van der Waals surface area contributed by atoms with Crippen LogP contribution in [0.4, 0.5) is 0 Å². The number of rotatable bonds is 0. The van der Waals surface area contributed by atoms with E-state index in [2.05, 4.69) is 12.6 Å².